The first-order valence-electron chi connectivity index (χ1n) is 9.87. The van der Waals surface area contributed by atoms with E-state index < -0.39 is 5.60 Å². The standard InChI is InChI=1S/C21H28BrClN4O2/c1-12(2)19-25-17(22)16-18(23)24-11-15(27(16)19)13-7-9-14(10-8-13)26(6)20(28)29-21(3,4)5/h7,11-12,14H,8-10H2,1-6H3. The Balaban J connectivity index is 1.89. The van der Waals surface area contributed by atoms with Gasteiger partial charge in [0.15, 0.2) is 5.15 Å². The zero-order chi connectivity index (χ0) is 21.5. The van der Waals surface area contributed by atoms with Gasteiger partial charge in [-0.25, -0.2) is 14.8 Å². The van der Waals surface area contributed by atoms with Crippen molar-refractivity contribution in [2.75, 3.05) is 7.05 Å². The van der Waals surface area contributed by atoms with Gasteiger partial charge < -0.3 is 9.64 Å². The first kappa shape index (κ1) is 22.1. The van der Waals surface area contributed by atoms with Gasteiger partial charge in [-0.05, 0) is 61.5 Å². The average Bonchev–Trinajstić information content (AvgIpc) is 2.99. The quantitative estimate of drug-likeness (QED) is 0.531. The molecule has 0 bridgehead atoms. The molecular formula is C21H28BrClN4O2. The van der Waals surface area contributed by atoms with E-state index in [4.69, 9.17) is 16.3 Å². The van der Waals surface area contributed by atoms with Crippen LogP contribution in [0.4, 0.5) is 4.79 Å². The average molecular weight is 484 g/mol. The van der Waals surface area contributed by atoms with Crippen molar-refractivity contribution in [3.05, 3.63) is 33.5 Å². The van der Waals surface area contributed by atoms with Gasteiger partial charge in [0, 0.05) is 19.0 Å². The highest BCUT2D eigenvalue weighted by molar-refractivity contribution is 9.10. The van der Waals surface area contributed by atoms with E-state index in [2.05, 4.69) is 50.2 Å². The van der Waals surface area contributed by atoms with Gasteiger partial charge in [-0.15, -0.1) is 0 Å². The van der Waals surface area contributed by atoms with Crippen LogP contribution in [0.2, 0.25) is 5.15 Å². The molecule has 0 N–H and O–H groups in total. The molecule has 1 unspecified atom stereocenters. The van der Waals surface area contributed by atoms with Crippen LogP contribution in [0.15, 0.2) is 16.9 Å². The number of allylic oxidation sites excluding steroid dienone is 1. The van der Waals surface area contributed by atoms with E-state index in [1.165, 1.54) is 5.57 Å². The summed E-state index contributed by atoms with van der Waals surface area (Å²) in [5.41, 5.74) is 2.50. The number of nitrogens with zero attached hydrogens (tertiary/aromatic N) is 4. The van der Waals surface area contributed by atoms with E-state index in [0.29, 0.717) is 9.76 Å². The minimum Gasteiger partial charge on any atom is -0.444 e. The summed E-state index contributed by atoms with van der Waals surface area (Å²) in [5.74, 6) is 1.18. The van der Waals surface area contributed by atoms with Gasteiger partial charge in [-0.1, -0.05) is 31.5 Å². The molecule has 1 aliphatic carbocycles. The van der Waals surface area contributed by atoms with Crippen LogP contribution >= 0.6 is 27.5 Å². The van der Waals surface area contributed by atoms with Crippen molar-refractivity contribution in [1.29, 1.82) is 0 Å². The maximum Gasteiger partial charge on any atom is 0.410 e. The predicted octanol–water partition coefficient (Wildman–Crippen LogP) is 6.07. The molecule has 0 saturated heterocycles. The molecule has 2 heterocycles. The van der Waals surface area contributed by atoms with Crippen molar-refractivity contribution in [3.63, 3.8) is 0 Å². The van der Waals surface area contributed by atoms with Gasteiger partial charge in [0.1, 0.15) is 21.5 Å². The van der Waals surface area contributed by atoms with Crippen LogP contribution in [0.5, 0.6) is 0 Å². The van der Waals surface area contributed by atoms with Crippen molar-refractivity contribution < 1.29 is 9.53 Å². The molecule has 0 aromatic carbocycles. The molecular weight excluding hydrogens is 456 g/mol. The van der Waals surface area contributed by atoms with Crippen LogP contribution < -0.4 is 0 Å². The summed E-state index contributed by atoms with van der Waals surface area (Å²) in [6.45, 7) is 9.87. The Hall–Kier alpha value is -1.60. The normalized spacial score (nSPS) is 17.6. The highest BCUT2D eigenvalue weighted by Gasteiger charge is 2.28. The summed E-state index contributed by atoms with van der Waals surface area (Å²) in [5, 5.41) is 0.430. The van der Waals surface area contributed by atoms with E-state index in [1.54, 1.807) is 4.90 Å². The third-order valence-electron chi connectivity index (χ3n) is 5.06. The summed E-state index contributed by atoms with van der Waals surface area (Å²) < 4.78 is 8.32. The number of rotatable bonds is 3. The molecule has 158 valence electrons. The molecule has 29 heavy (non-hydrogen) atoms. The molecule has 1 atom stereocenters. The number of fused-ring (bicyclic) bond motifs is 1. The lowest BCUT2D eigenvalue weighted by Gasteiger charge is -2.32. The van der Waals surface area contributed by atoms with Crippen LogP contribution in [0.25, 0.3) is 11.1 Å². The fraction of sp³-hybridized carbons (Fsp3) is 0.571. The summed E-state index contributed by atoms with van der Waals surface area (Å²) in [6, 6.07) is 0.114. The van der Waals surface area contributed by atoms with E-state index in [9.17, 15) is 4.79 Å². The smallest absolute Gasteiger partial charge is 0.410 e. The summed E-state index contributed by atoms with van der Waals surface area (Å²) >= 11 is 9.89. The Morgan fingerprint density at radius 1 is 1.41 bits per heavy atom. The number of carbonyl (C=O) groups excluding carboxylic acids is 1. The van der Waals surface area contributed by atoms with Crippen LogP contribution in [-0.4, -0.2) is 44.1 Å². The summed E-state index contributed by atoms with van der Waals surface area (Å²) in [7, 11) is 1.81. The van der Waals surface area contributed by atoms with Crippen LogP contribution in [0.1, 0.15) is 71.3 Å². The second-order valence-electron chi connectivity index (χ2n) is 8.78. The number of halogens is 2. The Morgan fingerprint density at radius 3 is 2.66 bits per heavy atom. The Morgan fingerprint density at radius 2 is 2.10 bits per heavy atom. The highest BCUT2D eigenvalue weighted by Crippen LogP contribution is 2.35. The lowest BCUT2D eigenvalue weighted by Crippen LogP contribution is -2.41. The topological polar surface area (TPSA) is 59.7 Å². The summed E-state index contributed by atoms with van der Waals surface area (Å²) in [4.78, 5) is 23.1. The van der Waals surface area contributed by atoms with Gasteiger partial charge in [0.2, 0.25) is 0 Å². The third-order valence-corrected chi connectivity index (χ3v) is 5.88. The second kappa shape index (κ2) is 8.26. The minimum atomic E-state index is -0.496. The van der Waals surface area contributed by atoms with E-state index >= 15 is 0 Å². The maximum atomic E-state index is 12.4. The third kappa shape index (κ3) is 4.61. The number of hydrogen-bond acceptors (Lipinski definition) is 4. The zero-order valence-electron chi connectivity index (χ0n) is 17.8. The number of hydrogen-bond donors (Lipinski definition) is 0. The highest BCUT2D eigenvalue weighted by atomic mass is 79.9. The molecule has 2 aromatic rings. The van der Waals surface area contributed by atoms with E-state index in [-0.39, 0.29) is 18.1 Å². The lowest BCUT2D eigenvalue weighted by molar-refractivity contribution is 0.0215. The molecule has 1 amide bonds. The molecule has 8 heteroatoms. The van der Waals surface area contributed by atoms with Crippen molar-refractivity contribution in [1.82, 2.24) is 19.3 Å². The molecule has 0 spiro atoms. The number of ether oxygens (including phenoxy) is 1. The SMILES string of the molecule is CC(C)c1nc(Br)c2c(Cl)ncc(C3=CCC(N(C)C(=O)OC(C)(C)C)CC3)n12. The van der Waals surface area contributed by atoms with Gasteiger partial charge in [0.25, 0.3) is 0 Å². The molecule has 0 aliphatic heterocycles. The maximum absolute atomic E-state index is 12.4. The number of carbonyl (C=O) groups is 1. The number of aromatic nitrogens is 3. The van der Waals surface area contributed by atoms with Crippen LogP contribution in [0, 0.1) is 0 Å². The van der Waals surface area contributed by atoms with Crippen LogP contribution in [-0.2, 0) is 4.74 Å². The predicted molar refractivity (Wildman–Crippen MR) is 119 cm³/mol. The van der Waals surface area contributed by atoms with E-state index in [0.717, 1.165) is 36.3 Å². The van der Waals surface area contributed by atoms with Gasteiger partial charge in [-0.3, -0.25) is 4.40 Å². The van der Waals surface area contributed by atoms with Gasteiger partial charge in [0.05, 0.1) is 11.9 Å². The number of amides is 1. The van der Waals surface area contributed by atoms with Gasteiger partial charge >= 0.3 is 6.09 Å². The molecule has 6 nitrogen and oxygen atoms in total. The Bertz CT molecular complexity index is 962. The van der Waals surface area contributed by atoms with Crippen molar-refractivity contribution in [3.8, 4) is 0 Å². The number of imidazole rings is 1. The van der Waals surface area contributed by atoms with Crippen molar-refractivity contribution in [2.45, 2.75) is 71.4 Å². The molecule has 3 rings (SSSR count). The van der Waals surface area contributed by atoms with E-state index in [1.807, 2.05) is 34.0 Å². The molecule has 0 saturated carbocycles. The van der Waals surface area contributed by atoms with Crippen LogP contribution in [0.3, 0.4) is 0 Å². The Labute approximate surface area is 185 Å². The monoisotopic (exact) mass is 482 g/mol. The fourth-order valence-electron chi connectivity index (χ4n) is 3.57. The summed E-state index contributed by atoms with van der Waals surface area (Å²) in [6.07, 6.45) is 6.19. The zero-order valence-corrected chi connectivity index (χ0v) is 20.1. The minimum absolute atomic E-state index is 0.114. The lowest BCUT2D eigenvalue weighted by atomic mass is 9.92. The molecule has 1 aliphatic rings. The fourth-order valence-corrected chi connectivity index (χ4v) is 4.45. The molecule has 0 fully saturated rings. The Kier molecular flexibility index (Phi) is 6.30. The molecule has 0 radical (unpaired) electrons. The largest absolute Gasteiger partial charge is 0.444 e. The first-order chi connectivity index (χ1) is 13.5. The van der Waals surface area contributed by atoms with Gasteiger partial charge in [-0.2, -0.15) is 0 Å². The second-order valence-corrected chi connectivity index (χ2v) is 9.89. The van der Waals surface area contributed by atoms with Crippen molar-refractivity contribution >= 4 is 44.7 Å². The van der Waals surface area contributed by atoms with Crippen molar-refractivity contribution in [2.24, 2.45) is 0 Å². The first-order valence-corrected chi connectivity index (χ1v) is 11.0. The molecule has 2 aromatic heterocycles.